The van der Waals surface area contributed by atoms with E-state index < -0.39 is 0 Å². The lowest BCUT2D eigenvalue weighted by atomic mass is 10.4. The van der Waals surface area contributed by atoms with Crippen LogP contribution in [-0.4, -0.2) is 16.1 Å². The first-order chi connectivity index (χ1) is 5.84. The number of rotatable bonds is 4. The molecule has 0 unspecified atom stereocenters. The molecule has 1 N–H and O–H groups in total. The molecule has 0 radical (unpaired) electrons. The summed E-state index contributed by atoms with van der Waals surface area (Å²) >= 11 is 0. The van der Waals surface area contributed by atoms with Crippen LogP contribution in [0, 0.1) is 11.3 Å². The van der Waals surface area contributed by atoms with Crippen LogP contribution in [0.3, 0.4) is 0 Å². The molecule has 0 spiro atoms. The maximum atomic E-state index is 8.27. The topological polar surface area (TPSA) is 53.6 Å². The van der Waals surface area contributed by atoms with Crippen molar-refractivity contribution in [3.63, 3.8) is 0 Å². The second kappa shape index (κ2) is 4.52. The predicted molar refractivity (Wildman–Crippen MR) is 45.1 cm³/mol. The molecular formula is C8H12N4. The van der Waals surface area contributed by atoms with Crippen LogP contribution in [0.5, 0.6) is 0 Å². The van der Waals surface area contributed by atoms with Crippen molar-refractivity contribution in [3.8, 4) is 6.07 Å². The number of aryl methyl sites for hydroxylation is 1. The molecule has 4 heteroatoms. The molecule has 0 saturated heterocycles. The van der Waals surface area contributed by atoms with Gasteiger partial charge in [-0.15, -0.1) is 0 Å². The van der Waals surface area contributed by atoms with Crippen LogP contribution in [-0.2, 0) is 13.6 Å². The Kier molecular flexibility index (Phi) is 3.30. The largest absolute Gasteiger partial charge is 0.337 e. The molecule has 0 atom stereocenters. The lowest BCUT2D eigenvalue weighted by molar-refractivity contribution is 0.645. The van der Waals surface area contributed by atoms with Gasteiger partial charge in [0.15, 0.2) is 0 Å². The van der Waals surface area contributed by atoms with Gasteiger partial charge < -0.3 is 9.88 Å². The highest BCUT2D eigenvalue weighted by molar-refractivity contribution is 4.90. The van der Waals surface area contributed by atoms with Gasteiger partial charge >= 0.3 is 0 Å². The van der Waals surface area contributed by atoms with Gasteiger partial charge in [-0.05, 0) is 0 Å². The highest BCUT2D eigenvalue weighted by atomic mass is 15.1. The fourth-order valence-electron chi connectivity index (χ4n) is 0.911. The van der Waals surface area contributed by atoms with E-state index in [1.54, 1.807) is 6.20 Å². The number of hydrogen-bond acceptors (Lipinski definition) is 3. The minimum atomic E-state index is 0.546. The van der Waals surface area contributed by atoms with Gasteiger partial charge in [-0.1, -0.05) is 0 Å². The monoisotopic (exact) mass is 164 g/mol. The van der Waals surface area contributed by atoms with E-state index in [1.807, 2.05) is 17.8 Å². The molecule has 0 aliphatic rings. The Morgan fingerprint density at radius 1 is 1.75 bits per heavy atom. The second-order valence-corrected chi connectivity index (χ2v) is 2.54. The standard InChI is InChI=1S/C8H12N4/c1-12-6-5-11-8(12)7-10-4-2-3-9/h5-6,10H,2,4,7H2,1H3. The molecule has 4 nitrogen and oxygen atoms in total. The first-order valence-corrected chi connectivity index (χ1v) is 3.88. The van der Waals surface area contributed by atoms with Crippen molar-refractivity contribution < 1.29 is 0 Å². The minimum absolute atomic E-state index is 0.546. The lowest BCUT2D eigenvalue weighted by Crippen LogP contribution is -2.16. The maximum absolute atomic E-state index is 8.27. The summed E-state index contributed by atoms with van der Waals surface area (Å²) in [7, 11) is 1.95. The molecule has 0 fully saturated rings. The van der Waals surface area contributed by atoms with Crippen LogP contribution in [0.2, 0.25) is 0 Å². The van der Waals surface area contributed by atoms with Gasteiger partial charge in [0.05, 0.1) is 12.6 Å². The molecule has 64 valence electrons. The molecule has 0 aliphatic carbocycles. The van der Waals surface area contributed by atoms with E-state index >= 15 is 0 Å². The maximum Gasteiger partial charge on any atom is 0.122 e. The van der Waals surface area contributed by atoms with Gasteiger partial charge in [-0.3, -0.25) is 0 Å². The van der Waals surface area contributed by atoms with E-state index in [1.165, 1.54) is 0 Å². The average molecular weight is 164 g/mol. The average Bonchev–Trinajstić information content (AvgIpc) is 2.46. The highest BCUT2D eigenvalue weighted by Crippen LogP contribution is 1.92. The van der Waals surface area contributed by atoms with E-state index in [0.29, 0.717) is 6.42 Å². The molecular weight excluding hydrogens is 152 g/mol. The molecule has 1 heterocycles. The van der Waals surface area contributed by atoms with Crippen LogP contribution in [0.1, 0.15) is 12.2 Å². The molecule has 0 saturated carbocycles. The van der Waals surface area contributed by atoms with Gasteiger partial charge in [0.25, 0.3) is 0 Å². The van der Waals surface area contributed by atoms with E-state index in [0.717, 1.165) is 18.9 Å². The van der Waals surface area contributed by atoms with Crippen LogP contribution in [0.25, 0.3) is 0 Å². The van der Waals surface area contributed by atoms with E-state index in [4.69, 9.17) is 5.26 Å². The van der Waals surface area contributed by atoms with Gasteiger partial charge in [0.2, 0.25) is 0 Å². The quantitative estimate of drug-likeness (QED) is 0.656. The van der Waals surface area contributed by atoms with Crippen molar-refractivity contribution >= 4 is 0 Å². The Morgan fingerprint density at radius 2 is 2.58 bits per heavy atom. The van der Waals surface area contributed by atoms with Crippen molar-refractivity contribution in [2.45, 2.75) is 13.0 Å². The van der Waals surface area contributed by atoms with Crippen molar-refractivity contribution in [1.82, 2.24) is 14.9 Å². The number of imidazole rings is 1. The summed E-state index contributed by atoms with van der Waals surface area (Å²) < 4.78 is 1.96. The molecule has 0 bridgehead atoms. The zero-order valence-corrected chi connectivity index (χ0v) is 7.12. The van der Waals surface area contributed by atoms with Crippen molar-refractivity contribution in [2.24, 2.45) is 7.05 Å². The van der Waals surface area contributed by atoms with Gasteiger partial charge in [-0.25, -0.2) is 4.98 Å². The Balaban J connectivity index is 2.25. The van der Waals surface area contributed by atoms with Crippen molar-refractivity contribution in [2.75, 3.05) is 6.54 Å². The molecule has 0 amide bonds. The summed E-state index contributed by atoms with van der Waals surface area (Å²) in [5.74, 6) is 0.993. The van der Waals surface area contributed by atoms with Crippen LogP contribution < -0.4 is 5.32 Å². The molecule has 12 heavy (non-hydrogen) atoms. The van der Waals surface area contributed by atoms with Crippen LogP contribution >= 0.6 is 0 Å². The zero-order valence-electron chi connectivity index (χ0n) is 7.12. The van der Waals surface area contributed by atoms with Crippen LogP contribution in [0.4, 0.5) is 0 Å². The zero-order chi connectivity index (χ0) is 8.81. The predicted octanol–water partition coefficient (Wildman–Crippen LogP) is 0.423. The van der Waals surface area contributed by atoms with Gasteiger partial charge in [0, 0.05) is 32.4 Å². The summed E-state index contributed by atoms with van der Waals surface area (Å²) in [5.41, 5.74) is 0. The first kappa shape index (κ1) is 8.75. The Labute approximate surface area is 71.8 Å². The molecule has 0 aromatic carbocycles. The van der Waals surface area contributed by atoms with Crippen molar-refractivity contribution in [3.05, 3.63) is 18.2 Å². The number of nitrogens with zero attached hydrogens (tertiary/aromatic N) is 3. The number of nitriles is 1. The third-order valence-electron chi connectivity index (χ3n) is 1.62. The molecule has 1 rings (SSSR count). The molecule has 1 aromatic rings. The first-order valence-electron chi connectivity index (χ1n) is 3.88. The summed E-state index contributed by atoms with van der Waals surface area (Å²) in [5, 5.41) is 11.4. The third kappa shape index (κ3) is 2.36. The van der Waals surface area contributed by atoms with Crippen molar-refractivity contribution in [1.29, 1.82) is 5.26 Å². The number of aromatic nitrogens is 2. The van der Waals surface area contributed by atoms with Gasteiger partial charge in [-0.2, -0.15) is 5.26 Å². The van der Waals surface area contributed by atoms with E-state index in [2.05, 4.69) is 16.4 Å². The second-order valence-electron chi connectivity index (χ2n) is 2.54. The number of nitrogens with one attached hydrogen (secondary N) is 1. The third-order valence-corrected chi connectivity index (χ3v) is 1.62. The summed E-state index contributed by atoms with van der Waals surface area (Å²) in [4.78, 5) is 4.13. The van der Waals surface area contributed by atoms with E-state index in [9.17, 15) is 0 Å². The summed E-state index contributed by atoms with van der Waals surface area (Å²) in [6, 6.07) is 2.07. The number of hydrogen-bond donors (Lipinski definition) is 1. The fourth-order valence-corrected chi connectivity index (χ4v) is 0.911. The smallest absolute Gasteiger partial charge is 0.122 e. The summed E-state index contributed by atoms with van der Waals surface area (Å²) in [6.45, 7) is 1.45. The molecule has 0 aliphatic heterocycles. The SMILES string of the molecule is Cn1ccnc1CNCCC#N. The van der Waals surface area contributed by atoms with Crippen LogP contribution in [0.15, 0.2) is 12.4 Å². The van der Waals surface area contributed by atoms with Gasteiger partial charge in [0.1, 0.15) is 5.82 Å². The van der Waals surface area contributed by atoms with E-state index in [-0.39, 0.29) is 0 Å². The normalized spacial score (nSPS) is 9.67. The Morgan fingerprint density at radius 3 is 3.17 bits per heavy atom. The summed E-state index contributed by atoms with van der Waals surface area (Å²) in [6.07, 6.45) is 4.22. The minimum Gasteiger partial charge on any atom is -0.337 e. The Bertz CT molecular complexity index is 271. The fraction of sp³-hybridized carbons (Fsp3) is 0.500. The lowest BCUT2D eigenvalue weighted by Gasteiger charge is -2.01. The molecule has 1 aromatic heterocycles. The Hall–Kier alpha value is -1.34. The highest BCUT2D eigenvalue weighted by Gasteiger charge is 1.96.